The quantitative estimate of drug-likeness (QED) is 0.207. The second kappa shape index (κ2) is 10.1. The van der Waals surface area contributed by atoms with E-state index < -0.39 is 0 Å². The number of hydrogen-bond donors (Lipinski definition) is 0. The lowest BCUT2D eigenvalue weighted by molar-refractivity contribution is 0.101. The van der Waals surface area contributed by atoms with Crippen molar-refractivity contribution in [1.29, 1.82) is 0 Å². The molecule has 0 saturated carbocycles. The van der Waals surface area contributed by atoms with Crippen LogP contribution in [-0.2, 0) is 11.2 Å². The highest BCUT2D eigenvalue weighted by Gasteiger charge is 2.20. The maximum Gasteiger partial charge on any atom is 0.196 e. The second-order valence-corrected chi connectivity index (χ2v) is 10.6. The van der Waals surface area contributed by atoms with Crippen LogP contribution in [0.4, 0.5) is 0 Å². The molecule has 1 aromatic heterocycles. The van der Waals surface area contributed by atoms with Crippen LogP contribution in [0.2, 0.25) is 0 Å². The van der Waals surface area contributed by atoms with E-state index in [1.165, 1.54) is 5.56 Å². The Kier molecular flexibility index (Phi) is 7.13. The van der Waals surface area contributed by atoms with Crippen LogP contribution in [-0.4, -0.2) is 27.7 Å². The molecule has 0 unspecified atom stereocenters. The molecule has 35 heavy (non-hydrogen) atoms. The van der Waals surface area contributed by atoms with Crippen molar-refractivity contribution in [2.45, 2.75) is 50.9 Å². The average molecular weight is 486 g/mol. The first-order chi connectivity index (χ1) is 16.7. The molecule has 3 aromatic carbocycles. The van der Waals surface area contributed by atoms with E-state index in [4.69, 9.17) is 4.74 Å². The third-order valence-corrected chi connectivity index (χ3v) is 7.02. The van der Waals surface area contributed by atoms with Gasteiger partial charge in [-0.2, -0.15) is 0 Å². The number of Topliss-reactive ketones (excluding diaryl/α,β-unsaturated/α-hetero) is 1. The van der Waals surface area contributed by atoms with E-state index in [1.807, 2.05) is 24.3 Å². The first kappa shape index (κ1) is 24.7. The highest BCUT2D eigenvalue weighted by Crippen LogP contribution is 2.34. The molecule has 4 rings (SSSR count). The molecule has 0 bridgehead atoms. The van der Waals surface area contributed by atoms with Gasteiger partial charge in [0.25, 0.3) is 0 Å². The zero-order valence-corrected chi connectivity index (χ0v) is 21.9. The van der Waals surface area contributed by atoms with Crippen LogP contribution < -0.4 is 4.74 Å². The van der Waals surface area contributed by atoms with Crippen LogP contribution in [0, 0.1) is 6.92 Å². The molecule has 180 valence electrons. The van der Waals surface area contributed by atoms with Crippen molar-refractivity contribution < 1.29 is 9.53 Å². The molecule has 0 amide bonds. The Labute approximate surface area is 211 Å². The highest BCUT2D eigenvalue weighted by atomic mass is 32.2. The van der Waals surface area contributed by atoms with Gasteiger partial charge in [0, 0.05) is 22.4 Å². The zero-order chi connectivity index (χ0) is 25.2. The summed E-state index contributed by atoms with van der Waals surface area (Å²) in [5.74, 6) is 2.18. The van der Waals surface area contributed by atoms with Crippen LogP contribution in [0.15, 0.2) is 71.9 Å². The number of methoxy groups -OCH3 is 1. The van der Waals surface area contributed by atoms with Crippen molar-refractivity contribution >= 4 is 17.5 Å². The van der Waals surface area contributed by atoms with Crippen molar-refractivity contribution in [3.05, 3.63) is 89.0 Å². The van der Waals surface area contributed by atoms with Gasteiger partial charge < -0.3 is 4.74 Å². The van der Waals surface area contributed by atoms with Gasteiger partial charge in [-0.15, -0.1) is 10.2 Å². The third-order valence-electron chi connectivity index (χ3n) is 6.04. The summed E-state index contributed by atoms with van der Waals surface area (Å²) in [6.07, 6.45) is 0. The van der Waals surface area contributed by atoms with Gasteiger partial charge in [0.15, 0.2) is 16.8 Å². The molecule has 0 N–H and O–H groups in total. The molecule has 5 nitrogen and oxygen atoms in total. The first-order valence-electron chi connectivity index (χ1n) is 11.6. The maximum absolute atomic E-state index is 11.9. The van der Waals surface area contributed by atoms with Gasteiger partial charge in [-0.25, -0.2) is 0 Å². The van der Waals surface area contributed by atoms with Crippen molar-refractivity contribution in [1.82, 2.24) is 14.8 Å². The summed E-state index contributed by atoms with van der Waals surface area (Å²) in [6, 6.07) is 22.4. The Balaban J connectivity index is 1.75. The molecule has 0 aliphatic heterocycles. The van der Waals surface area contributed by atoms with Gasteiger partial charge in [0.1, 0.15) is 5.75 Å². The molecule has 0 atom stereocenters. The second-order valence-electron chi connectivity index (χ2n) is 9.63. The summed E-state index contributed by atoms with van der Waals surface area (Å²) < 4.78 is 7.67. The molecular formula is C29H31N3O2S. The number of rotatable bonds is 7. The van der Waals surface area contributed by atoms with Gasteiger partial charge in [0.05, 0.1) is 12.8 Å². The number of carbonyl (C=O) groups excluding carboxylic acids is 1. The minimum Gasteiger partial charge on any atom is -0.496 e. The Hall–Kier alpha value is -3.38. The van der Waals surface area contributed by atoms with E-state index in [0.29, 0.717) is 11.3 Å². The largest absolute Gasteiger partial charge is 0.496 e. The number of ether oxygens (including phenoxy) is 1. The van der Waals surface area contributed by atoms with E-state index in [2.05, 4.69) is 78.9 Å². The smallest absolute Gasteiger partial charge is 0.196 e. The van der Waals surface area contributed by atoms with Crippen LogP contribution in [0.3, 0.4) is 0 Å². The zero-order valence-electron chi connectivity index (χ0n) is 21.1. The summed E-state index contributed by atoms with van der Waals surface area (Å²) >= 11 is 1.57. The highest BCUT2D eigenvalue weighted by molar-refractivity contribution is 7.98. The minimum absolute atomic E-state index is 0.0305. The fraction of sp³-hybridized carbons (Fsp3) is 0.276. The van der Waals surface area contributed by atoms with Crippen molar-refractivity contribution in [2.24, 2.45) is 0 Å². The topological polar surface area (TPSA) is 57.0 Å². The Morgan fingerprint density at radius 2 is 1.71 bits per heavy atom. The summed E-state index contributed by atoms with van der Waals surface area (Å²) in [4.78, 5) is 11.9. The fourth-order valence-electron chi connectivity index (χ4n) is 3.95. The summed E-state index contributed by atoms with van der Waals surface area (Å²) in [7, 11) is 1.64. The molecule has 6 heteroatoms. The SMILES string of the molecule is COc1ccc(C(C)=O)cc1CSc1nnc(-c2ccc(C(C)(C)C)cc2)n1-c1ccccc1C. The predicted molar refractivity (Wildman–Crippen MR) is 143 cm³/mol. The van der Waals surface area contributed by atoms with E-state index >= 15 is 0 Å². The Morgan fingerprint density at radius 3 is 2.34 bits per heavy atom. The number of nitrogens with zero attached hydrogens (tertiary/aromatic N) is 3. The maximum atomic E-state index is 11.9. The van der Waals surface area contributed by atoms with Crippen LogP contribution >= 0.6 is 11.8 Å². The van der Waals surface area contributed by atoms with Gasteiger partial charge in [0.2, 0.25) is 0 Å². The standard InChI is InChI=1S/C29H31N3O2S/c1-19-9-7-8-10-25(19)32-27(21-11-14-24(15-12-21)29(3,4)5)30-31-28(32)35-18-23-17-22(20(2)33)13-16-26(23)34-6/h7-17H,18H2,1-6H3. The van der Waals surface area contributed by atoms with Crippen LogP contribution in [0.1, 0.15) is 54.7 Å². The van der Waals surface area contributed by atoms with Crippen molar-refractivity contribution in [2.75, 3.05) is 7.11 Å². The monoisotopic (exact) mass is 485 g/mol. The first-order valence-corrected chi connectivity index (χ1v) is 12.6. The number of aromatic nitrogens is 3. The normalized spacial score (nSPS) is 11.5. The number of thioether (sulfide) groups is 1. The van der Waals surface area contributed by atoms with Crippen LogP contribution in [0.25, 0.3) is 17.1 Å². The third kappa shape index (κ3) is 5.33. The molecule has 0 aliphatic carbocycles. The number of benzene rings is 3. The predicted octanol–water partition coefficient (Wildman–Crippen LogP) is 7.04. The number of carbonyl (C=O) groups is 1. The lowest BCUT2D eigenvalue weighted by Crippen LogP contribution is -2.10. The van der Waals surface area contributed by atoms with Gasteiger partial charge in [-0.1, -0.05) is 75.0 Å². The molecule has 0 radical (unpaired) electrons. The molecule has 0 spiro atoms. The average Bonchev–Trinajstić information content (AvgIpc) is 3.26. The number of para-hydroxylation sites is 1. The molecule has 0 aliphatic rings. The molecule has 0 saturated heterocycles. The molecular weight excluding hydrogens is 454 g/mol. The van der Waals surface area contributed by atoms with E-state index in [-0.39, 0.29) is 11.2 Å². The summed E-state index contributed by atoms with van der Waals surface area (Å²) in [5.41, 5.74) is 6.16. The lowest BCUT2D eigenvalue weighted by Gasteiger charge is -2.19. The van der Waals surface area contributed by atoms with Crippen LogP contribution in [0.5, 0.6) is 5.75 Å². The van der Waals surface area contributed by atoms with Crippen molar-refractivity contribution in [3.63, 3.8) is 0 Å². The molecule has 4 aromatic rings. The number of aryl methyl sites for hydroxylation is 1. The summed E-state index contributed by atoms with van der Waals surface area (Å²) in [6.45, 7) is 10.3. The number of ketones is 1. The van der Waals surface area contributed by atoms with Crippen molar-refractivity contribution in [3.8, 4) is 22.8 Å². The Morgan fingerprint density at radius 1 is 1.00 bits per heavy atom. The minimum atomic E-state index is 0.0305. The Bertz CT molecular complexity index is 1350. The number of hydrogen-bond acceptors (Lipinski definition) is 5. The summed E-state index contributed by atoms with van der Waals surface area (Å²) in [5, 5.41) is 9.96. The van der Waals surface area contributed by atoms with Gasteiger partial charge in [-0.3, -0.25) is 9.36 Å². The van der Waals surface area contributed by atoms with Gasteiger partial charge in [-0.05, 0) is 54.7 Å². The van der Waals surface area contributed by atoms with Gasteiger partial charge >= 0.3 is 0 Å². The van der Waals surface area contributed by atoms with E-state index in [9.17, 15) is 4.79 Å². The molecule has 0 fully saturated rings. The fourth-order valence-corrected chi connectivity index (χ4v) is 4.88. The molecule has 1 heterocycles. The van der Waals surface area contributed by atoms with E-state index in [1.54, 1.807) is 31.9 Å². The lowest BCUT2D eigenvalue weighted by atomic mass is 9.87. The van der Waals surface area contributed by atoms with E-state index in [0.717, 1.165) is 39.1 Å².